The van der Waals surface area contributed by atoms with Crippen molar-refractivity contribution in [1.82, 2.24) is 9.29 Å². The number of nitrogens with one attached hydrogen (secondary N) is 1. The molecule has 5 aromatic carbocycles. The van der Waals surface area contributed by atoms with Crippen molar-refractivity contribution in [3.63, 3.8) is 0 Å². The van der Waals surface area contributed by atoms with Gasteiger partial charge < -0.3 is 5.32 Å². The molecule has 1 atom stereocenters. The SMILES string of the molecule is Cc1ccc2nc(-c3ccc(NC(=O)[C@H]4Cc5ccccc5CN4S(=O)(=O)c4ccc5ccccc5c4)cc3)sc2c1. The first kappa shape index (κ1) is 26.5. The summed E-state index contributed by atoms with van der Waals surface area (Å²) < 4.78 is 30.6. The highest BCUT2D eigenvalue weighted by Crippen LogP contribution is 2.33. The molecule has 7 rings (SSSR count). The number of carbonyl (C=O) groups is 1. The van der Waals surface area contributed by atoms with Gasteiger partial charge in [-0.1, -0.05) is 60.7 Å². The van der Waals surface area contributed by atoms with Crippen LogP contribution < -0.4 is 5.32 Å². The third kappa shape index (κ3) is 4.87. The van der Waals surface area contributed by atoms with Gasteiger partial charge in [0.1, 0.15) is 11.0 Å². The van der Waals surface area contributed by atoms with Crippen molar-refractivity contribution in [1.29, 1.82) is 0 Å². The van der Waals surface area contributed by atoms with E-state index in [1.807, 2.05) is 84.9 Å². The van der Waals surface area contributed by atoms with Crippen LogP contribution in [0.2, 0.25) is 0 Å². The lowest BCUT2D eigenvalue weighted by Crippen LogP contribution is -2.50. The molecule has 6 aromatic rings. The lowest BCUT2D eigenvalue weighted by atomic mass is 9.95. The number of carbonyl (C=O) groups excluding carboxylic acids is 1. The molecule has 0 saturated carbocycles. The minimum absolute atomic E-state index is 0.124. The smallest absolute Gasteiger partial charge is 0.244 e. The number of amides is 1. The normalized spacial score (nSPS) is 15.5. The Labute approximate surface area is 248 Å². The Bertz CT molecular complexity index is 2090. The number of nitrogens with zero attached hydrogens (tertiary/aromatic N) is 2. The molecule has 42 heavy (non-hydrogen) atoms. The number of anilines is 1. The van der Waals surface area contributed by atoms with Crippen molar-refractivity contribution >= 4 is 53.9 Å². The second-order valence-electron chi connectivity index (χ2n) is 10.6. The van der Waals surface area contributed by atoms with Crippen LogP contribution in [0.3, 0.4) is 0 Å². The van der Waals surface area contributed by atoms with Crippen molar-refractivity contribution in [3.05, 3.63) is 126 Å². The molecule has 0 spiro atoms. The Hall–Kier alpha value is -4.37. The maximum Gasteiger partial charge on any atom is 0.244 e. The van der Waals surface area contributed by atoms with Crippen molar-refractivity contribution < 1.29 is 13.2 Å². The van der Waals surface area contributed by atoms with Gasteiger partial charge in [-0.25, -0.2) is 13.4 Å². The highest BCUT2D eigenvalue weighted by atomic mass is 32.2. The zero-order valence-electron chi connectivity index (χ0n) is 22.8. The molecule has 1 amide bonds. The lowest BCUT2D eigenvalue weighted by molar-refractivity contribution is -0.120. The largest absolute Gasteiger partial charge is 0.325 e. The van der Waals surface area contributed by atoms with Gasteiger partial charge in [-0.05, 0) is 89.3 Å². The fraction of sp³-hybridized carbons (Fsp3) is 0.118. The molecule has 0 bridgehead atoms. The molecule has 0 radical (unpaired) electrons. The van der Waals surface area contributed by atoms with Crippen LogP contribution in [-0.2, 0) is 27.8 Å². The summed E-state index contributed by atoms with van der Waals surface area (Å²) in [7, 11) is -3.98. The Kier molecular flexibility index (Phi) is 6.61. The minimum atomic E-state index is -3.98. The highest BCUT2D eigenvalue weighted by molar-refractivity contribution is 7.89. The van der Waals surface area contributed by atoms with Crippen molar-refractivity contribution in [2.24, 2.45) is 0 Å². The van der Waals surface area contributed by atoms with E-state index >= 15 is 0 Å². The molecular formula is C34H27N3O3S2. The van der Waals surface area contributed by atoms with Gasteiger partial charge in [0.05, 0.1) is 15.1 Å². The van der Waals surface area contributed by atoms with Gasteiger partial charge in [-0.15, -0.1) is 11.3 Å². The van der Waals surface area contributed by atoms with E-state index in [9.17, 15) is 13.2 Å². The summed E-state index contributed by atoms with van der Waals surface area (Å²) in [5, 5.41) is 5.67. The molecule has 0 fully saturated rings. The van der Waals surface area contributed by atoms with Crippen LogP contribution >= 0.6 is 11.3 Å². The minimum Gasteiger partial charge on any atom is -0.325 e. The third-order valence-electron chi connectivity index (χ3n) is 7.78. The van der Waals surface area contributed by atoms with Crippen molar-refractivity contribution in [2.75, 3.05) is 5.32 Å². The Morgan fingerprint density at radius 1 is 0.857 bits per heavy atom. The van der Waals surface area contributed by atoms with E-state index in [1.165, 1.54) is 9.87 Å². The van der Waals surface area contributed by atoms with Gasteiger partial charge >= 0.3 is 0 Å². The molecule has 0 unspecified atom stereocenters. The van der Waals surface area contributed by atoms with E-state index in [2.05, 4.69) is 24.4 Å². The third-order valence-corrected chi connectivity index (χ3v) is 10.7. The Morgan fingerprint density at radius 3 is 2.40 bits per heavy atom. The van der Waals surface area contributed by atoms with Crippen LogP contribution in [0.1, 0.15) is 16.7 Å². The standard InChI is InChI=1S/C34H27N3O3S2/c1-22-10-17-30-32(18-22)41-34(36-30)24-11-14-28(15-12-24)35-33(38)31-20-26-8-4-5-9-27(26)21-37(31)42(39,40)29-16-13-23-6-2-3-7-25(23)19-29/h2-19,31H,20-21H2,1H3,(H,35,38)/t31-/m1/s1. The van der Waals surface area contributed by atoms with Crippen LogP contribution in [0.5, 0.6) is 0 Å². The van der Waals surface area contributed by atoms with E-state index < -0.39 is 16.1 Å². The quantitative estimate of drug-likeness (QED) is 0.231. The zero-order valence-corrected chi connectivity index (χ0v) is 24.5. The maximum atomic E-state index is 14.0. The summed E-state index contributed by atoms with van der Waals surface area (Å²) in [5.41, 5.74) is 5.59. The van der Waals surface area contributed by atoms with E-state index in [4.69, 9.17) is 4.98 Å². The summed E-state index contributed by atoms with van der Waals surface area (Å²) in [6.07, 6.45) is 0.290. The summed E-state index contributed by atoms with van der Waals surface area (Å²) >= 11 is 1.63. The van der Waals surface area contributed by atoms with Gasteiger partial charge in [0.15, 0.2) is 0 Å². The number of aryl methyl sites for hydroxylation is 1. The molecule has 8 heteroatoms. The van der Waals surface area contributed by atoms with Gasteiger partial charge in [-0.2, -0.15) is 4.31 Å². The van der Waals surface area contributed by atoms with E-state index in [1.54, 1.807) is 23.5 Å². The summed E-state index contributed by atoms with van der Waals surface area (Å²) in [4.78, 5) is 18.7. The van der Waals surface area contributed by atoms with Gasteiger partial charge in [0, 0.05) is 17.8 Å². The number of hydrogen-bond acceptors (Lipinski definition) is 5. The van der Waals surface area contributed by atoms with E-state index in [0.29, 0.717) is 5.69 Å². The number of sulfonamides is 1. The number of thiazole rings is 1. The number of hydrogen-bond donors (Lipinski definition) is 1. The first-order chi connectivity index (χ1) is 20.3. The average molecular weight is 590 g/mol. The molecule has 1 aliphatic rings. The van der Waals surface area contributed by atoms with Gasteiger partial charge in [-0.3, -0.25) is 4.79 Å². The van der Waals surface area contributed by atoms with Crippen LogP contribution in [-0.4, -0.2) is 29.7 Å². The molecule has 1 N–H and O–H groups in total. The van der Waals surface area contributed by atoms with Crippen molar-refractivity contribution in [3.8, 4) is 10.6 Å². The summed E-state index contributed by atoms with van der Waals surface area (Å²) in [6.45, 7) is 2.19. The summed E-state index contributed by atoms with van der Waals surface area (Å²) in [5.74, 6) is -0.364. The molecular weight excluding hydrogens is 563 g/mol. The fourth-order valence-electron chi connectivity index (χ4n) is 5.52. The first-order valence-electron chi connectivity index (χ1n) is 13.7. The van der Waals surface area contributed by atoms with Crippen LogP contribution in [0.4, 0.5) is 5.69 Å². The van der Waals surface area contributed by atoms with E-state index in [-0.39, 0.29) is 23.8 Å². The monoisotopic (exact) mass is 589 g/mol. The Morgan fingerprint density at radius 2 is 1.60 bits per heavy atom. The van der Waals surface area contributed by atoms with Crippen molar-refractivity contribution in [2.45, 2.75) is 30.8 Å². The second kappa shape index (κ2) is 10.5. The van der Waals surface area contributed by atoms with Crippen LogP contribution in [0.25, 0.3) is 31.6 Å². The highest BCUT2D eigenvalue weighted by Gasteiger charge is 2.39. The number of rotatable bonds is 5. The maximum absolute atomic E-state index is 14.0. The topological polar surface area (TPSA) is 79.4 Å². The molecule has 1 aliphatic heterocycles. The second-order valence-corrected chi connectivity index (χ2v) is 13.5. The van der Waals surface area contributed by atoms with E-state index in [0.717, 1.165) is 42.7 Å². The van der Waals surface area contributed by atoms with Crippen LogP contribution in [0.15, 0.2) is 114 Å². The molecule has 0 aliphatic carbocycles. The predicted octanol–water partition coefficient (Wildman–Crippen LogP) is 7.18. The average Bonchev–Trinajstić information content (AvgIpc) is 3.43. The fourth-order valence-corrected chi connectivity index (χ4v) is 8.19. The van der Waals surface area contributed by atoms with Gasteiger partial charge in [0.25, 0.3) is 0 Å². The Balaban J connectivity index is 1.18. The molecule has 2 heterocycles. The predicted molar refractivity (Wildman–Crippen MR) is 169 cm³/mol. The van der Waals surface area contributed by atoms with Crippen LogP contribution in [0, 0.1) is 6.92 Å². The summed E-state index contributed by atoms with van der Waals surface area (Å²) in [6, 6.07) is 33.3. The lowest BCUT2D eigenvalue weighted by Gasteiger charge is -2.35. The molecule has 208 valence electrons. The zero-order chi connectivity index (χ0) is 28.8. The molecule has 1 aromatic heterocycles. The first-order valence-corrected chi connectivity index (χ1v) is 16.0. The van der Waals surface area contributed by atoms with Gasteiger partial charge in [0.2, 0.25) is 15.9 Å². The number of fused-ring (bicyclic) bond motifs is 3. The molecule has 0 saturated heterocycles. The number of benzene rings is 5. The number of aromatic nitrogens is 1. The molecule has 6 nitrogen and oxygen atoms in total.